The zero-order chi connectivity index (χ0) is 26.1. The van der Waals surface area contributed by atoms with Crippen molar-refractivity contribution in [1.29, 1.82) is 0 Å². The van der Waals surface area contributed by atoms with Crippen molar-refractivity contribution < 1.29 is 23.7 Å². The molecule has 9 heteroatoms. The lowest BCUT2D eigenvalue weighted by atomic mass is 10.1. The second-order valence-electron chi connectivity index (χ2n) is 9.57. The van der Waals surface area contributed by atoms with Crippen LogP contribution < -0.4 is 19.3 Å². The van der Waals surface area contributed by atoms with E-state index in [1.165, 1.54) is 5.69 Å². The van der Waals surface area contributed by atoms with Gasteiger partial charge in [-0.3, -0.25) is 19.3 Å². The maximum atomic E-state index is 14.0. The Bertz CT molecular complexity index is 1280. The summed E-state index contributed by atoms with van der Waals surface area (Å²) in [6.45, 7) is 4.19. The number of hydrogen-bond donors (Lipinski definition) is 0. The fourth-order valence-corrected chi connectivity index (χ4v) is 5.37. The largest absolute Gasteiger partial charge is 0.497 e. The van der Waals surface area contributed by atoms with Gasteiger partial charge in [0.05, 0.1) is 26.1 Å². The highest BCUT2D eigenvalue weighted by molar-refractivity contribution is 6.30. The second kappa shape index (κ2) is 10.5. The van der Waals surface area contributed by atoms with Crippen molar-refractivity contribution >= 4 is 28.9 Å². The molecule has 2 saturated heterocycles. The van der Waals surface area contributed by atoms with Crippen LogP contribution in [0.1, 0.15) is 12.0 Å². The highest BCUT2D eigenvalue weighted by Gasteiger charge is 2.57. The molecule has 3 aliphatic rings. The minimum Gasteiger partial charge on any atom is -0.497 e. The molecule has 0 unspecified atom stereocenters. The molecular formula is C29H30ClN3O5. The Labute approximate surface area is 227 Å². The van der Waals surface area contributed by atoms with Crippen LogP contribution in [0.5, 0.6) is 11.5 Å². The van der Waals surface area contributed by atoms with Gasteiger partial charge in [-0.05, 0) is 54.6 Å². The highest BCUT2D eigenvalue weighted by atomic mass is 35.5. The first kappa shape index (κ1) is 25.0. The van der Waals surface area contributed by atoms with Gasteiger partial charge >= 0.3 is 0 Å². The van der Waals surface area contributed by atoms with E-state index in [2.05, 4.69) is 21.9 Å². The third-order valence-corrected chi connectivity index (χ3v) is 7.52. The normalized spacial score (nSPS) is 23.5. The number of ether oxygens (including phenoxy) is 4. The predicted molar refractivity (Wildman–Crippen MR) is 145 cm³/mol. The van der Waals surface area contributed by atoms with Crippen LogP contribution in [0.3, 0.4) is 0 Å². The molecule has 3 aromatic carbocycles. The Hall–Kier alpha value is -3.30. The molecular weight excluding hydrogens is 506 g/mol. The number of rotatable bonds is 6. The van der Waals surface area contributed by atoms with Crippen molar-refractivity contribution in [1.82, 2.24) is 4.90 Å². The van der Waals surface area contributed by atoms with E-state index in [4.69, 9.17) is 30.5 Å². The van der Waals surface area contributed by atoms with E-state index in [1.807, 2.05) is 36.4 Å². The van der Waals surface area contributed by atoms with Gasteiger partial charge in [0.25, 0.3) is 11.7 Å². The number of carbonyl (C=O) groups is 1. The number of fused-ring (bicyclic) bond motifs is 2. The van der Waals surface area contributed by atoms with E-state index in [0.717, 1.165) is 37.6 Å². The van der Waals surface area contributed by atoms with Crippen LogP contribution in [0.25, 0.3) is 0 Å². The molecule has 0 bridgehead atoms. The van der Waals surface area contributed by atoms with Crippen molar-refractivity contribution in [3.63, 3.8) is 0 Å². The molecule has 0 radical (unpaired) electrons. The van der Waals surface area contributed by atoms with Gasteiger partial charge in [0.15, 0.2) is 0 Å². The van der Waals surface area contributed by atoms with E-state index in [0.29, 0.717) is 36.0 Å². The molecule has 38 heavy (non-hydrogen) atoms. The van der Waals surface area contributed by atoms with E-state index in [1.54, 1.807) is 36.3 Å². The summed E-state index contributed by atoms with van der Waals surface area (Å²) in [5, 5.41) is 0.627. The van der Waals surface area contributed by atoms with Gasteiger partial charge in [-0.25, -0.2) is 0 Å². The first-order valence-corrected chi connectivity index (χ1v) is 13.2. The molecule has 2 fully saturated rings. The molecule has 1 spiro atoms. The number of piperazine rings is 1. The van der Waals surface area contributed by atoms with E-state index < -0.39 is 12.1 Å². The summed E-state index contributed by atoms with van der Waals surface area (Å²) >= 11 is 6.01. The Kier molecular flexibility index (Phi) is 6.88. The molecule has 198 valence electrons. The molecule has 6 rings (SSSR count). The van der Waals surface area contributed by atoms with Gasteiger partial charge in [-0.1, -0.05) is 29.8 Å². The van der Waals surface area contributed by atoms with Crippen LogP contribution in [0.15, 0.2) is 72.8 Å². The number of benzene rings is 3. The number of amides is 1. The SMILES string of the molecule is COc1ccc(N2CCN(CN3C(=O)[C@]4(OCC[C@H](Oc5ccc(Cl)cc5)O4)c4ccccc43)CC2)cc1. The molecule has 3 heterocycles. The zero-order valence-electron chi connectivity index (χ0n) is 21.2. The van der Waals surface area contributed by atoms with Crippen molar-refractivity contribution in [3.8, 4) is 11.5 Å². The lowest BCUT2D eigenvalue weighted by molar-refractivity contribution is -0.316. The topological polar surface area (TPSA) is 63.7 Å². The van der Waals surface area contributed by atoms with Crippen molar-refractivity contribution in [2.75, 3.05) is 56.4 Å². The number of halogens is 1. The molecule has 0 aliphatic carbocycles. The molecule has 1 amide bonds. The minimum atomic E-state index is -1.52. The average molecular weight is 536 g/mol. The first-order valence-electron chi connectivity index (χ1n) is 12.8. The summed E-state index contributed by atoms with van der Waals surface area (Å²) in [5.74, 6) is -0.264. The van der Waals surface area contributed by atoms with Crippen LogP contribution in [0.2, 0.25) is 5.02 Å². The van der Waals surface area contributed by atoms with Gasteiger partial charge in [-0.15, -0.1) is 0 Å². The van der Waals surface area contributed by atoms with Gasteiger partial charge in [-0.2, -0.15) is 0 Å². The van der Waals surface area contributed by atoms with Crippen molar-refractivity contribution in [3.05, 3.63) is 83.4 Å². The van der Waals surface area contributed by atoms with Crippen LogP contribution >= 0.6 is 11.6 Å². The third-order valence-electron chi connectivity index (χ3n) is 7.26. The Morgan fingerprint density at radius 3 is 2.39 bits per heavy atom. The molecule has 3 aliphatic heterocycles. The van der Waals surface area contributed by atoms with Crippen molar-refractivity contribution in [2.45, 2.75) is 18.5 Å². The van der Waals surface area contributed by atoms with E-state index in [-0.39, 0.29) is 5.91 Å². The quantitative estimate of drug-likeness (QED) is 0.461. The summed E-state index contributed by atoms with van der Waals surface area (Å²) < 4.78 is 23.8. The number of carbonyl (C=O) groups excluding carboxylic acids is 1. The molecule has 2 atom stereocenters. The Morgan fingerprint density at radius 1 is 0.947 bits per heavy atom. The van der Waals surface area contributed by atoms with Gasteiger partial charge in [0.2, 0.25) is 6.29 Å². The molecule has 8 nitrogen and oxygen atoms in total. The predicted octanol–water partition coefficient (Wildman–Crippen LogP) is 4.47. The maximum absolute atomic E-state index is 14.0. The summed E-state index contributed by atoms with van der Waals surface area (Å²) in [5.41, 5.74) is 2.69. The van der Waals surface area contributed by atoms with E-state index in [9.17, 15) is 4.79 Å². The first-order chi connectivity index (χ1) is 18.6. The van der Waals surface area contributed by atoms with Crippen LogP contribution in [0.4, 0.5) is 11.4 Å². The van der Waals surface area contributed by atoms with Gasteiger partial charge in [0.1, 0.15) is 11.5 Å². The lowest BCUT2D eigenvalue weighted by Gasteiger charge is -2.39. The van der Waals surface area contributed by atoms with E-state index >= 15 is 0 Å². The third kappa shape index (κ3) is 4.69. The number of para-hydroxylation sites is 1. The summed E-state index contributed by atoms with van der Waals surface area (Å²) in [6.07, 6.45) is -0.123. The molecule has 0 aromatic heterocycles. The van der Waals surface area contributed by atoms with Crippen LogP contribution in [-0.2, 0) is 20.1 Å². The van der Waals surface area contributed by atoms with Crippen LogP contribution in [-0.4, -0.2) is 63.7 Å². The summed E-state index contributed by atoms with van der Waals surface area (Å²) in [4.78, 5) is 20.4. The number of hydrogen-bond acceptors (Lipinski definition) is 7. The Morgan fingerprint density at radius 2 is 1.66 bits per heavy atom. The monoisotopic (exact) mass is 535 g/mol. The number of nitrogens with zero attached hydrogens (tertiary/aromatic N) is 3. The molecule has 3 aromatic rings. The maximum Gasteiger partial charge on any atom is 0.293 e. The fraction of sp³-hybridized carbons (Fsp3) is 0.345. The smallest absolute Gasteiger partial charge is 0.293 e. The summed E-state index contributed by atoms with van der Waals surface area (Å²) in [6, 6.07) is 22.9. The van der Waals surface area contributed by atoms with Gasteiger partial charge < -0.3 is 19.1 Å². The highest BCUT2D eigenvalue weighted by Crippen LogP contribution is 2.46. The lowest BCUT2D eigenvalue weighted by Crippen LogP contribution is -2.55. The standard InChI is InChI=1S/C29H30ClN3O5/c1-35-23-12-8-22(9-13-23)32-17-15-31(16-18-32)20-33-26-5-3-2-4-25(26)29(28(33)34)36-19-14-27(38-29)37-24-10-6-21(30)7-11-24/h2-13,27H,14-20H2,1H3/t27-,29+/m1/s1. The number of methoxy groups -OCH3 is 1. The zero-order valence-corrected chi connectivity index (χ0v) is 22.0. The fourth-order valence-electron chi connectivity index (χ4n) is 5.25. The Balaban J connectivity index is 1.15. The molecule has 0 saturated carbocycles. The molecule has 0 N–H and O–H groups in total. The second-order valence-corrected chi connectivity index (χ2v) is 10.0. The van der Waals surface area contributed by atoms with Gasteiger partial charge in [0, 0.05) is 48.9 Å². The minimum absolute atomic E-state index is 0.222. The van der Waals surface area contributed by atoms with Crippen molar-refractivity contribution in [2.24, 2.45) is 0 Å². The summed E-state index contributed by atoms with van der Waals surface area (Å²) in [7, 11) is 1.67. The average Bonchev–Trinajstić information content (AvgIpc) is 3.17. The number of anilines is 2. The van der Waals surface area contributed by atoms with Crippen LogP contribution in [0, 0.1) is 0 Å².